The van der Waals surface area contributed by atoms with Gasteiger partial charge in [-0.2, -0.15) is 0 Å². The number of aromatic hydroxyl groups is 4. The summed E-state index contributed by atoms with van der Waals surface area (Å²) < 4.78 is 0. The Labute approximate surface area is 120 Å². The number of rotatable bonds is 3. The van der Waals surface area contributed by atoms with Crippen molar-refractivity contribution in [2.24, 2.45) is 5.73 Å². The van der Waals surface area contributed by atoms with Crippen molar-refractivity contribution in [3.8, 4) is 23.0 Å². The van der Waals surface area contributed by atoms with Gasteiger partial charge in [-0.15, -0.1) is 0 Å². The van der Waals surface area contributed by atoms with E-state index < -0.39 is 6.03 Å². The average molecular weight is 290 g/mol. The fourth-order valence-electron chi connectivity index (χ4n) is 1.83. The number of carbonyl (C=O) groups is 1. The van der Waals surface area contributed by atoms with E-state index in [1.165, 1.54) is 36.4 Å². The number of anilines is 1. The van der Waals surface area contributed by atoms with E-state index in [0.29, 0.717) is 5.56 Å². The van der Waals surface area contributed by atoms with Gasteiger partial charge in [-0.1, -0.05) is 6.07 Å². The van der Waals surface area contributed by atoms with Crippen molar-refractivity contribution in [3.63, 3.8) is 0 Å². The van der Waals surface area contributed by atoms with Gasteiger partial charge < -0.3 is 26.2 Å². The predicted molar refractivity (Wildman–Crippen MR) is 75.3 cm³/mol. The van der Waals surface area contributed by atoms with Crippen molar-refractivity contribution in [1.82, 2.24) is 0 Å². The number of amides is 2. The number of nitrogens with zero attached hydrogens (tertiary/aromatic N) is 1. The lowest BCUT2D eigenvalue weighted by atomic mass is 10.1. The van der Waals surface area contributed by atoms with Crippen molar-refractivity contribution in [2.45, 2.75) is 6.54 Å². The van der Waals surface area contributed by atoms with Gasteiger partial charge >= 0.3 is 6.03 Å². The fourth-order valence-corrected chi connectivity index (χ4v) is 1.83. The minimum Gasteiger partial charge on any atom is -0.504 e. The van der Waals surface area contributed by atoms with Crippen LogP contribution in [0.5, 0.6) is 23.0 Å². The summed E-state index contributed by atoms with van der Waals surface area (Å²) in [6.07, 6.45) is 0. The molecule has 7 nitrogen and oxygen atoms in total. The molecule has 0 unspecified atom stereocenters. The molecule has 0 fully saturated rings. The van der Waals surface area contributed by atoms with Crippen LogP contribution in [0.15, 0.2) is 36.4 Å². The standard InChI is InChI=1S/C14H14N2O5/c15-14(21)16(9-2-4-11(18)13(20)6-9)7-8-1-3-10(17)12(19)5-8/h1-6,17-20H,7H2,(H2,15,21). The van der Waals surface area contributed by atoms with Crippen LogP contribution < -0.4 is 10.6 Å². The maximum atomic E-state index is 11.5. The third-order valence-electron chi connectivity index (χ3n) is 2.92. The van der Waals surface area contributed by atoms with Crippen LogP contribution in [0.3, 0.4) is 0 Å². The molecule has 2 amide bonds. The topological polar surface area (TPSA) is 127 Å². The minimum absolute atomic E-state index is 0.0212. The summed E-state index contributed by atoms with van der Waals surface area (Å²) in [5.41, 5.74) is 6.11. The number of carbonyl (C=O) groups excluding carboxylic acids is 1. The van der Waals surface area contributed by atoms with Gasteiger partial charge in [0.05, 0.1) is 6.54 Å². The van der Waals surface area contributed by atoms with Crippen molar-refractivity contribution in [1.29, 1.82) is 0 Å². The summed E-state index contributed by atoms with van der Waals surface area (Å²) in [5.74, 6) is -1.28. The molecule has 2 aromatic carbocycles. The summed E-state index contributed by atoms with van der Waals surface area (Å²) in [4.78, 5) is 12.7. The van der Waals surface area contributed by atoms with E-state index >= 15 is 0 Å². The first-order chi connectivity index (χ1) is 9.88. The van der Waals surface area contributed by atoms with Gasteiger partial charge in [0.2, 0.25) is 0 Å². The van der Waals surface area contributed by atoms with Crippen molar-refractivity contribution in [2.75, 3.05) is 4.90 Å². The van der Waals surface area contributed by atoms with Gasteiger partial charge in [0.25, 0.3) is 0 Å². The van der Waals surface area contributed by atoms with Crippen LogP contribution in [-0.2, 0) is 6.54 Å². The quantitative estimate of drug-likeness (QED) is 0.548. The van der Waals surface area contributed by atoms with Crippen LogP contribution in [0.25, 0.3) is 0 Å². The minimum atomic E-state index is -0.771. The first-order valence-electron chi connectivity index (χ1n) is 5.98. The molecule has 2 aromatic rings. The van der Waals surface area contributed by atoms with Crippen LogP contribution in [0, 0.1) is 0 Å². The first-order valence-corrected chi connectivity index (χ1v) is 5.98. The number of hydrogen-bond donors (Lipinski definition) is 5. The molecule has 0 saturated carbocycles. The Kier molecular flexibility index (Phi) is 3.75. The van der Waals surface area contributed by atoms with Gasteiger partial charge in [-0.3, -0.25) is 4.90 Å². The molecule has 0 aromatic heterocycles. The molecule has 0 aliphatic carbocycles. The van der Waals surface area contributed by atoms with Crippen LogP contribution in [-0.4, -0.2) is 26.5 Å². The van der Waals surface area contributed by atoms with Gasteiger partial charge in [-0.25, -0.2) is 4.79 Å². The highest BCUT2D eigenvalue weighted by Gasteiger charge is 2.15. The second-order valence-electron chi connectivity index (χ2n) is 4.42. The van der Waals surface area contributed by atoms with Gasteiger partial charge in [0.1, 0.15) is 0 Å². The number of urea groups is 1. The number of nitrogens with two attached hydrogens (primary N) is 1. The van der Waals surface area contributed by atoms with Crippen LogP contribution >= 0.6 is 0 Å². The smallest absolute Gasteiger partial charge is 0.319 e. The first kappa shape index (κ1) is 14.3. The van der Waals surface area contributed by atoms with E-state index in [4.69, 9.17) is 5.73 Å². The molecule has 7 heteroatoms. The van der Waals surface area contributed by atoms with E-state index in [9.17, 15) is 25.2 Å². The Bertz CT molecular complexity index is 687. The van der Waals surface area contributed by atoms with Crippen LogP contribution in [0.1, 0.15) is 5.56 Å². The van der Waals surface area contributed by atoms with Crippen LogP contribution in [0.4, 0.5) is 10.5 Å². The summed E-state index contributed by atoms with van der Waals surface area (Å²) >= 11 is 0. The number of phenols is 4. The molecule has 110 valence electrons. The largest absolute Gasteiger partial charge is 0.504 e. The Morgan fingerprint density at radius 2 is 1.48 bits per heavy atom. The van der Waals surface area contributed by atoms with Crippen molar-refractivity contribution in [3.05, 3.63) is 42.0 Å². The lowest BCUT2D eigenvalue weighted by Gasteiger charge is -2.21. The monoisotopic (exact) mass is 290 g/mol. The van der Waals surface area contributed by atoms with Crippen LogP contribution in [0.2, 0.25) is 0 Å². The van der Waals surface area contributed by atoms with Gasteiger partial charge in [-0.05, 0) is 29.8 Å². The zero-order valence-electron chi connectivity index (χ0n) is 10.9. The number of hydrogen-bond acceptors (Lipinski definition) is 5. The lowest BCUT2D eigenvalue weighted by Crippen LogP contribution is -2.35. The number of primary amides is 1. The van der Waals surface area contributed by atoms with Crippen molar-refractivity contribution < 1.29 is 25.2 Å². The maximum absolute atomic E-state index is 11.5. The molecular formula is C14H14N2O5. The third kappa shape index (κ3) is 3.08. The Morgan fingerprint density at radius 1 is 0.905 bits per heavy atom. The second kappa shape index (κ2) is 5.49. The molecule has 0 aliphatic heterocycles. The molecule has 0 heterocycles. The number of phenolic OH excluding ortho intramolecular Hbond substituents is 4. The van der Waals surface area contributed by atoms with E-state index in [1.54, 1.807) is 0 Å². The highest BCUT2D eigenvalue weighted by Crippen LogP contribution is 2.31. The Hall–Kier alpha value is -3.09. The molecule has 0 radical (unpaired) electrons. The second-order valence-corrected chi connectivity index (χ2v) is 4.42. The van der Waals surface area contributed by atoms with E-state index in [1.807, 2.05) is 0 Å². The molecule has 6 N–H and O–H groups in total. The predicted octanol–water partition coefficient (Wildman–Crippen LogP) is 1.59. The maximum Gasteiger partial charge on any atom is 0.319 e. The normalized spacial score (nSPS) is 10.3. The Morgan fingerprint density at radius 3 is 2.00 bits per heavy atom. The fraction of sp³-hybridized carbons (Fsp3) is 0.0714. The van der Waals surface area contributed by atoms with E-state index in [2.05, 4.69) is 0 Å². The Balaban J connectivity index is 2.32. The molecule has 2 rings (SSSR count). The molecule has 0 spiro atoms. The highest BCUT2D eigenvalue weighted by atomic mass is 16.3. The van der Waals surface area contributed by atoms with Gasteiger partial charge in [0, 0.05) is 11.8 Å². The molecule has 21 heavy (non-hydrogen) atoms. The van der Waals surface area contributed by atoms with Gasteiger partial charge in [0.15, 0.2) is 23.0 Å². The number of benzene rings is 2. The summed E-state index contributed by atoms with van der Waals surface area (Å²) in [5, 5.41) is 37.5. The molecule has 0 aliphatic rings. The van der Waals surface area contributed by atoms with E-state index in [-0.39, 0.29) is 35.2 Å². The van der Waals surface area contributed by atoms with E-state index in [0.717, 1.165) is 4.90 Å². The average Bonchev–Trinajstić information content (AvgIpc) is 2.43. The third-order valence-corrected chi connectivity index (χ3v) is 2.92. The summed E-state index contributed by atoms with van der Waals surface area (Å²) in [6.45, 7) is 0.0212. The SMILES string of the molecule is NC(=O)N(Cc1ccc(O)c(O)c1)c1ccc(O)c(O)c1. The summed E-state index contributed by atoms with van der Waals surface area (Å²) in [6, 6.07) is 7.18. The molecule has 0 saturated heterocycles. The van der Waals surface area contributed by atoms with Crippen molar-refractivity contribution >= 4 is 11.7 Å². The zero-order chi connectivity index (χ0) is 15.6. The zero-order valence-corrected chi connectivity index (χ0v) is 10.9. The lowest BCUT2D eigenvalue weighted by molar-refractivity contribution is 0.253. The highest BCUT2D eigenvalue weighted by molar-refractivity contribution is 5.91. The molecule has 0 bridgehead atoms. The summed E-state index contributed by atoms with van der Waals surface area (Å²) in [7, 11) is 0. The molecule has 0 atom stereocenters. The molecular weight excluding hydrogens is 276 g/mol.